The van der Waals surface area contributed by atoms with Crippen LogP contribution in [-0.4, -0.2) is 86.3 Å². The summed E-state index contributed by atoms with van der Waals surface area (Å²) in [6.07, 6.45) is 6.26. The van der Waals surface area contributed by atoms with Crippen LogP contribution in [0.5, 0.6) is 5.75 Å². The minimum atomic E-state index is -4.67. The number of aromatic nitrogens is 2. The Labute approximate surface area is 277 Å². The van der Waals surface area contributed by atoms with Gasteiger partial charge in [0.25, 0.3) is 5.56 Å². The molecule has 0 spiro atoms. The summed E-state index contributed by atoms with van der Waals surface area (Å²) in [4.78, 5) is 48.5. The predicted octanol–water partition coefficient (Wildman–Crippen LogP) is 3.44. The molecule has 14 nitrogen and oxygen atoms in total. The molecule has 2 saturated heterocycles. The fourth-order valence-corrected chi connectivity index (χ4v) is 7.47. The molecule has 3 aromatic rings. The second kappa shape index (κ2) is 13.2. The van der Waals surface area contributed by atoms with Crippen molar-refractivity contribution in [3.63, 3.8) is 0 Å². The predicted molar refractivity (Wildman–Crippen MR) is 174 cm³/mol. The van der Waals surface area contributed by atoms with Crippen molar-refractivity contribution >= 4 is 33.4 Å². The zero-order chi connectivity index (χ0) is 34.4. The molecule has 6 heterocycles. The van der Waals surface area contributed by atoms with Crippen molar-refractivity contribution in [2.75, 3.05) is 26.2 Å². The number of piperidine rings is 2. The minimum absolute atomic E-state index is 0.0951. The number of hydrogen-bond donors (Lipinski definition) is 3. The number of hydrogen-bond acceptors (Lipinski definition) is 10. The summed E-state index contributed by atoms with van der Waals surface area (Å²) in [6.45, 7) is 7.65. The third-order valence-electron chi connectivity index (χ3n) is 9.97. The molecule has 0 radical (unpaired) electrons. The van der Waals surface area contributed by atoms with Crippen LogP contribution in [0.1, 0.15) is 74.6 Å². The second-order valence-corrected chi connectivity index (χ2v) is 13.6. The SMILES string of the molecule is CCc1c2c(nc3ccc(OC(=O)N4CCC(N5CCCCC5)CC4)cc13)-c1cc3c(c(=O)n1C2)COC(=O)[C@]3(O)CC.O=S(=O)(O)O. The third kappa shape index (κ3) is 6.44. The average Bonchev–Trinajstić information content (AvgIpc) is 3.43. The Bertz CT molecular complexity index is 1920. The molecule has 1 atom stereocenters. The number of carbonyl (C=O) groups excluding carboxylic acids is 2. The van der Waals surface area contributed by atoms with E-state index >= 15 is 0 Å². The number of cyclic esters (lactones) is 1. The Morgan fingerprint density at radius 2 is 1.73 bits per heavy atom. The van der Waals surface area contributed by atoms with E-state index in [1.165, 1.54) is 32.4 Å². The van der Waals surface area contributed by atoms with Crippen LogP contribution in [0, 0.1) is 0 Å². The Balaban J connectivity index is 0.000000749. The molecular weight excluding hydrogens is 644 g/mol. The third-order valence-corrected chi connectivity index (χ3v) is 9.97. The van der Waals surface area contributed by atoms with Crippen LogP contribution in [0.3, 0.4) is 0 Å². The minimum Gasteiger partial charge on any atom is -0.458 e. The van der Waals surface area contributed by atoms with Crippen LogP contribution < -0.4 is 10.3 Å². The van der Waals surface area contributed by atoms with Crippen molar-refractivity contribution in [3.8, 4) is 17.1 Å². The van der Waals surface area contributed by atoms with E-state index in [4.69, 9.17) is 32.0 Å². The van der Waals surface area contributed by atoms with E-state index in [-0.39, 0.29) is 24.7 Å². The molecule has 4 aliphatic heterocycles. The fourth-order valence-electron chi connectivity index (χ4n) is 7.47. The van der Waals surface area contributed by atoms with Crippen LogP contribution in [-0.2, 0) is 45.1 Å². The van der Waals surface area contributed by atoms with Crippen LogP contribution in [0.4, 0.5) is 4.79 Å². The highest BCUT2D eigenvalue weighted by Crippen LogP contribution is 2.41. The Morgan fingerprint density at radius 1 is 1.04 bits per heavy atom. The van der Waals surface area contributed by atoms with E-state index < -0.39 is 22.0 Å². The number of fused-ring (bicyclic) bond motifs is 5. The van der Waals surface area contributed by atoms with E-state index in [1.807, 2.05) is 17.0 Å². The molecule has 0 unspecified atom stereocenters. The van der Waals surface area contributed by atoms with Crippen molar-refractivity contribution in [2.24, 2.45) is 0 Å². The van der Waals surface area contributed by atoms with Gasteiger partial charge in [-0.3, -0.25) is 13.9 Å². The maximum Gasteiger partial charge on any atom is 0.415 e. The van der Waals surface area contributed by atoms with E-state index in [2.05, 4.69) is 11.8 Å². The lowest BCUT2D eigenvalue weighted by atomic mass is 9.86. The highest BCUT2D eigenvalue weighted by molar-refractivity contribution is 7.79. The van der Waals surface area contributed by atoms with Gasteiger partial charge in [0.2, 0.25) is 0 Å². The van der Waals surface area contributed by atoms with Gasteiger partial charge in [-0.15, -0.1) is 0 Å². The molecule has 3 N–H and O–H groups in total. The number of carbonyl (C=O) groups is 2. The second-order valence-electron chi connectivity index (χ2n) is 12.7. The van der Waals surface area contributed by atoms with Gasteiger partial charge in [0.05, 0.1) is 29.0 Å². The van der Waals surface area contributed by atoms with Gasteiger partial charge >= 0.3 is 22.5 Å². The molecular formula is C33H40N4O10S. The summed E-state index contributed by atoms with van der Waals surface area (Å²) in [5, 5.41) is 12.0. The van der Waals surface area contributed by atoms with Gasteiger partial charge in [-0.25, -0.2) is 14.6 Å². The molecule has 7 rings (SSSR count). The first-order valence-corrected chi connectivity index (χ1v) is 17.8. The number of ether oxygens (including phenoxy) is 2. The number of benzene rings is 1. The number of aliphatic hydroxyl groups is 1. The lowest BCUT2D eigenvalue weighted by Crippen LogP contribution is -2.48. The first-order chi connectivity index (χ1) is 22.8. The molecule has 2 aromatic heterocycles. The first kappa shape index (κ1) is 34.0. The molecule has 4 aliphatic rings. The van der Waals surface area contributed by atoms with Crippen LogP contribution >= 0.6 is 0 Å². The monoisotopic (exact) mass is 684 g/mol. The zero-order valence-electron chi connectivity index (χ0n) is 27.0. The summed E-state index contributed by atoms with van der Waals surface area (Å²) >= 11 is 0. The van der Waals surface area contributed by atoms with Crippen molar-refractivity contribution in [1.29, 1.82) is 0 Å². The van der Waals surface area contributed by atoms with Crippen LogP contribution in [0.25, 0.3) is 22.3 Å². The van der Waals surface area contributed by atoms with Gasteiger partial charge in [-0.1, -0.05) is 20.3 Å². The first-order valence-electron chi connectivity index (χ1n) is 16.4. The molecule has 2 fully saturated rings. The highest BCUT2D eigenvalue weighted by Gasteiger charge is 2.45. The lowest BCUT2D eigenvalue weighted by Gasteiger charge is -2.39. The van der Waals surface area contributed by atoms with E-state index in [9.17, 15) is 19.5 Å². The van der Waals surface area contributed by atoms with Crippen molar-refractivity contribution < 1.29 is 41.7 Å². The largest absolute Gasteiger partial charge is 0.458 e. The quantitative estimate of drug-likeness (QED) is 0.210. The van der Waals surface area contributed by atoms with Gasteiger partial charge in [0.1, 0.15) is 12.4 Å². The summed E-state index contributed by atoms with van der Waals surface area (Å²) < 4.78 is 44.3. The van der Waals surface area contributed by atoms with Gasteiger partial charge in [0.15, 0.2) is 5.60 Å². The number of rotatable bonds is 4. The van der Waals surface area contributed by atoms with Gasteiger partial charge in [-0.2, -0.15) is 8.42 Å². The maximum absolute atomic E-state index is 13.6. The highest BCUT2D eigenvalue weighted by atomic mass is 32.3. The van der Waals surface area contributed by atoms with Gasteiger partial charge in [-0.05, 0) is 81.4 Å². The van der Waals surface area contributed by atoms with Crippen molar-refractivity contribution in [3.05, 3.63) is 56.9 Å². The fraction of sp³-hybridized carbons (Fsp3) is 0.515. The number of likely N-dealkylation sites (tertiary alicyclic amines) is 2. The van der Waals surface area contributed by atoms with Crippen LogP contribution in [0.15, 0.2) is 29.1 Å². The van der Waals surface area contributed by atoms with Gasteiger partial charge < -0.3 is 28.9 Å². The molecule has 48 heavy (non-hydrogen) atoms. The average molecular weight is 685 g/mol. The number of esters is 1. The maximum atomic E-state index is 13.6. The Hall–Kier alpha value is -3.89. The number of aryl methyl sites for hydroxylation is 1. The molecule has 15 heteroatoms. The van der Waals surface area contributed by atoms with E-state index in [1.54, 1.807) is 23.6 Å². The van der Waals surface area contributed by atoms with E-state index in [0.717, 1.165) is 34.9 Å². The molecule has 258 valence electrons. The zero-order valence-corrected chi connectivity index (χ0v) is 27.8. The smallest absolute Gasteiger partial charge is 0.415 e. The number of amides is 1. The van der Waals surface area contributed by atoms with Crippen LogP contribution in [0.2, 0.25) is 0 Å². The summed E-state index contributed by atoms with van der Waals surface area (Å²) in [6, 6.07) is 7.77. The summed E-state index contributed by atoms with van der Waals surface area (Å²) in [5.74, 6) is -0.266. The molecule has 1 aromatic carbocycles. The topological polar surface area (TPSA) is 189 Å². The molecule has 0 bridgehead atoms. The molecule has 0 aliphatic carbocycles. The Morgan fingerprint density at radius 3 is 2.38 bits per heavy atom. The normalized spacial score (nSPS) is 21.1. The van der Waals surface area contributed by atoms with E-state index in [0.29, 0.717) is 60.4 Å². The summed E-state index contributed by atoms with van der Waals surface area (Å²) in [7, 11) is -4.67. The standard InChI is InChI=1S/C33H38N4O6.H2O4S/c1-3-22-23-16-21(43-32(40)36-14-10-20(11-15-36)35-12-6-5-7-13-35)8-9-27(23)34-29-24(22)18-37-28(29)17-26-25(30(37)38)19-42-31(39)33(26,41)4-2;1-5(2,3)4/h8-9,16-17,20,41H,3-7,10-15,18-19H2,1-2H3;(H2,1,2,3,4)/t33-;/m0./s1. The van der Waals surface area contributed by atoms with Crippen molar-refractivity contribution in [1.82, 2.24) is 19.4 Å². The molecule has 0 saturated carbocycles. The Kier molecular flexibility index (Phi) is 9.34. The number of pyridine rings is 2. The summed E-state index contributed by atoms with van der Waals surface area (Å²) in [5.41, 5.74) is 2.38. The van der Waals surface area contributed by atoms with Crippen molar-refractivity contribution in [2.45, 2.75) is 83.6 Å². The lowest BCUT2D eigenvalue weighted by molar-refractivity contribution is -0.172. The van der Waals surface area contributed by atoms with Gasteiger partial charge in [0, 0.05) is 35.6 Å². The molecule has 1 amide bonds. The number of nitrogens with zero attached hydrogens (tertiary/aromatic N) is 4.